The Labute approximate surface area is 87.8 Å². The summed E-state index contributed by atoms with van der Waals surface area (Å²) < 4.78 is 2.02. The second-order valence-electron chi connectivity index (χ2n) is 3.26. The molecule has 0 aliphatic carbocycles. The van der Waals surface area contributed by atoms with Crippen LogP contribution >= 0.6 is 0 Å². The zero-order valence-electron chi connectivity index (χ0n) is 8.38. The summed E-state index contributed by atoms with van der Waals surface area (Å²) in [6.45, 7) is 2.68. The second-order valence-corrected chi connectivity index (χ2v) is 3.26. The van der Waals surface area contributed by atoms with Crippen molar-refractivity contribution in [2.24, 2.45) is 0 Å². The number of rotatable bonds is 2. The first-order valence-corrected chi connectivity index (χ1v) is 4.62. The van der Waals surface area contributed by atoms with Crippen molar-refractivity contribution in [3.05, 3.63) is 47.8 Å². The van der Waals surface area contributed by atoms with Crippen LogP contribution in [0.5, 0.6) is 0 Å². The molecule has 0 aliphatic rings. The standard InChI is InChI=1S/C11H10N4/c1-9-13-4-5-15(9)8-10-2-3-14-11(6-10)7-12/h2-6H,8H2,1H3. The summed E-state index contributed by atoms with van der Waals surface area (Å²) in [7, 11) is 0. The van der Waals surface area contributed by atoms with Crippen LogP contribution in [0, 0.1) is 18.3 Å². The van der Waals surface area contributed by atoms with Gasteiger partial charge in [-0.25, -0.2) is 9.97 Å². The fourth-order valence-electron chi connectivity index (χ4n) is 1.40. The van der Waals surface area contributed by atoms with Crippen molar-refractivity contribution in [1.29, 1.82) is 5.26 Å². The zero-order valence-corrected chi connectivity index (χ0v) is 8.38. The molecule has 0 saturated heterocycles. The lowest BCUT2D eigenvalue weighted by molar-refractivity contribution is 0.760. The molecule has 0 atom stereocenters. The van der Waals surface area contributed by atoms with Crippen LogP contribution in [0.2, 0.25) is 0 Å². The number of aryl methyl sites for hydroxylation is 1. The lowest BCUT2D eigenvalue weighted by atomic mass is 10.2. The van der Waals surface area contributed by atoms with Crippen molar-refractivity contribution in [3.63, 3.8) is 0 Å². The van der Waals surface area contributed by atoms with Crippen LogP contribution in [-0.4, -0.2) is 14.5 Å². The van der Waals surface area contributed by atoms with E-state index in [0.717, 1.165) is 17.9 Å². The van der Waals surface area contributed by atoms with Gasteiger partial charge < -0.3 is 4.57 Å². The summed E-state index contributed by atoms with van der Waals surface area (Å²) in [6, 6.07) is 5.72. The number of nitrogens with zero attached hydrogens (tertiary/aromatic N) is 4. The maximum absolute atomic E-state index is 8.71. The Morgan fingerprint density at radius 1 is 1.40 bits per heavy atom. The Hall–Kier alpha value is -2.15. The van der Waals surface area contributed by atoms with E-state index in [4.69, 9.17) is 5.26 Å². The highest BCUT2D eigenvalue weighted by Crippen LogP contribution is 2.05. The van der Waals surface area contributed by atoms with Gasteiger partial charge in [0.1, 0.15) is 17.6 Å². The van der Waals surface area contributed by atoms with E-state index >= 15 is 0 Å². The van der Waals surface area contributed by atoms with Crippen molar-refractivity contribution < 1.29 is 0 Å². The van der Waals surface area contributed by atoms with Crippen LogP contribution in [0.15, 0.2) is 30.7 Å². The van der Waals surface area contributed by atoms with E-state index < -0.39 is 0 Å². The third-order valence-electron chi connectivity index (χ3n) is 2.22. The Bertz CT molecular complexity index is 507. The Kier molecular flexibility index (Phi) is 2.46. The minimum atomic E-state index is 0.449. The lowest BCUT2D eigenvalue weighted by Gasteiger charge is -2.04. The van der Waals surface area contributed by atoms with E-state index in [1.54, 1.807) is 18.5 Å². The van der Waals surface area contributed by atoms with Crippen LogP contribution < -0.4 is 0 Å². The van der Waals surface area contributed by atoms with Gasteiger partial charge in [-0.2, -0.15) is 5.26 Å². The van der Waals surface area contributed by atoms with Gasteiger partial charge in [0.25, 0.3) is 0 Å². The summed E-state index contributed by atoms with van der Waals surface area (Å²) in [5.41, 5.74) is 1.51. The molecule has 2 aromatic heterocycles. The van der Waals surface area contributed by atoms with E-state index in [9.17, 15) is 0 Å². The molecule has 0 aliphatic heterocycles. The third kappa shape index (κ3) is 2.02. The van der Waals surface area contributed by atoms with Gasteiger partial charge in [0.2, 0.25) is 0 Å². The van der Waals surface area contributed by atoms with Crippen LogP contribution in [0.1, 0.15) is 17.1 Å². The van der Waals surface area contributed by atoms with Crippen molar-refractivity contribution >= 4 is 0 Å². The van der Waals surface area contributed by atoms with Crippen molar-refractivity contribution in [2.45, 2.75) is 13.5 Å². The van der Waals surface area contributed by atoms with Crippen LogP contribution in [0.25, 0.3) is 0 Å². The molecule has 0 radical (unpaired) electrons. The van der Waals surface area contributed by atoms with E-state index in [2.05, 4.69) is 9.97 Å². The summed E-state index contributed by atoms with van der Waals surface area (Å²) >= 11 is 0. The first-order chi connectivity index (χ1) is 7.29. The Morgan fingerprint density at radius 2 is 2.27 bits per heavy atom. The van der Waals surface area contributed by atoms with Gasteiger partial charge in [-0.3, -0.25) is 0 Å². The number of hydrogen-bond donors (Lipinski definition) is 0. The summed E-state index contributed by atoms with van der Waals surface area (Å²) in [5, 5.41) is 8.71. The predicted molar refractivity (Wildman–Crippen MR) is 55.0 cm³/mol. The van der Waals surface area contributed by atoms with Crippen LogP contribution in [0.4, 0.5) is 0 Å². The van der Waals surface area contributed by atoms with Crippen molar-refractivity contribution in [3.8, 4) is 6.07 Å². The zero-order chi connectivity index (χ0) is 10.7. The molecule has 0 fully saturated rings. The fourth-order valence-corrected chi connectivity index (χ4v) is 1.40. The number of pyridine rings is 1. The van der Waals surface area contributed by atoms with Gasteiger partial charge in [0, 0.05) is 25.1 Å². The summed E-state index contributed by atoms with van der Waals surface area (Å²) in [6.07, 6.45) is 5.34. The van der Waals surface area contributed by atoms with Crippen LogP contribution in [-0.2, 0) is 6.54 Å². The molecule has 4 heteroatoms. The SMILES string of the molecule is Cc1nccn1Cc1ccnc(C#N)c1. The molecule has 0 saturated carbocycles. The third-order valence-corrected chi connectivity index (χ3v) is 2.22. The average molecular weight is 198 g/mol. The van der Waals surface area contributed by atoms with E-state index in [1.807, 2.05) is 29.8 Å². The lowest BCUT2D eigenvalue weighted by Crippen LogP contribution is -2.01. The first kappa shape index (κ1) is 9.41. The quantitative estimate of drug-likeness (QED) is 0.734. The maximum atomic E-state index is 8.71. The summed E-state index contributed by atoms with van der Waals surface area (Å²) in [4.78, 5) is 8.06. The highest BCUT2D eigenvalue weighted by Gasteiger charge is 2.00. The van der Waals surface area contributed by atoms with Gasteiger partial charge in [-0.05, 0) is 24.6 Å². The minimum absolute atomic E-state index is 0.449. The summed E-state index contributed by atoms with van der Waals surface area (Å²) in [5.74, 6) is 0.963. The van der Waals surface area contributed by atoms with Gasteiger partial charge in [-0.1, -0.05) is 0 Å². The topological polar surface area (TPSA) is 54.5 Å². The molecule has 0 amide bonds. The molecule has 2 aromatic rings. The molecule has 0 aromatic carbocycles. The van der Waals surface area contributed by atoms with Gasteiger partial charge in [-0.15, -0.1) is 0 Å². The molecule has 0 N–H and O–H groups in total. The number of imidazole rings is 1. The molecule has 74 valence electrons. The molecule has 2 rings (SSSR count). The first-order valence-electron chi connectivity index (χ1n) is 4.62. The molecule has 4 nitrogen and oxygen atoms in total. The van der Waals surface area contributed by atoms with Crippen LogP contribution in [0.3, 0.4) is 0 Å². The number of nitriles is 1. The number of aromatic nitrogens is 3. The van der Waals surface area contributed by atoms with Crippen molar-refractivity contribution in [1.82, 2.24) is 14.5 Å². The van der Waals surface area contributed by atoms with E-state index in [1.165, 1.54) is 0 Å². The average Bonchev–Trinajstić information content (AvgIpc) is 2.65. The minimum Gasteiger partial charge on any atom is -0.331 e. The fraction of sp³-hybridized carbons (Fsp3) is 0.182. The number of hydrogen-bond acceptors (Lipinski definition) is 3. The van der Waals surface area contributed by atoms with E-state index in [-0.39, 0.29) is 0 Å². The molecule has 0 unspecified atom stereocenters. The van der Waals surface area contributed by atoms with Gasteiger partial charge in [0.05, 0.1) is 0 Å². The van der Waals surface area contributed by atoms with E-state index in [0.29, 0.717) is 5.69 Å². The smallest absolute Gasteiger partial charge is 0.140 e. The normalized spacial score (nSPS) is 9.87. The van der Waals surface area contributed by atoms with Gasteiger partial charge >= 0.3 is 0 Å². The van der Waals surface area contributed by atoms with Crippen molar-refractivity contribution in [2.75, 3.05) is 0 Å². The molecular formula is C11H10N4. The Balaban J connectivity index is 2.25. The molecule has 0 spiro atoms. The monoisotopic (exact) mass is 198 g/mol. The molecule has 2 heterocycles. The Morgan fingerprint density at radius 3 is 2.93 bits per heavy atom. The largest absolute Gasteiger partial charge is 0.331 e. The second kappa shape index (κ2) is 3.93. The molecule has 15 heavy (non-hydrogen) atoms. The predicted octanol–water partition coefficient (Wildman–Crippen LogP) is 1.51. The van der Waals surface area contributed by atoms with Gasteiger partial charge in [0.15, 0.2) is 0 Å². The molecular weight excluding hydrogens is 188 g/mol. The highest BCUT2D eigenvalue weighted by atomic mass is 15.0. The maximum Gasteiger partial charge on any atom is 0.140 e. The highest BCUT2D eigenvalue weighted by molar-refractivity contribution is 5.25. The molecule has 0 bridgehead atoms.